The fourth-order valence-corrected chi connectivity index (χ4v) is 5.98. The summed E-state index contributed by atoms with van der Waals surface area (Å²) in [5.41, 5.74) is 0.290. The molecule has 4 heteroatoms. The number of benzene rings is 1. The van der Waals surface area contributed by atoms with Gasteiger partial charge in [0.05, 0.1) is 12.2 Å². The number of aromatic carboxylic acids is 1. The van der Waals surface area contributed by atoms with Crippen LogP contribution < -0.4 is 4.74 Å². The van der Waals surface area contributed by atoms with E-state index in [2.05, 4.69) is 32.3 Å². The van der Waals surface area contributed by atoms with Gasteiger partial charge in [-0.1, -0.05) is 115 Å². The van der Waals surface area contributed by atoms with Gasteiger partial charge in [0.15, 0.2) is 0 Å². The van der Waals surface area contributed by atoms with E-state index in [1.165, 1.54) is 89.9 Å². The second-order valence-electron chi connectivity index (χ2n) is 9.77. The normalized spacial score (nSPS) is 11.4. The van der Waals surface area contributed by atoms with Gasteiger partial charge >= 0.3 is 5.97 Å². The second-order valence-corrected chi connectivity index (χ2v) is 13.2. The van der Waals surface area contributed by atoms with Crippen molar-refractivity contribution in [3.63, 3.8) is 0 Å². The van der Waals surface area contributed by atoms with E-state index in [9.17, 15) is 4.79 Å². The molecular weight excluding hydrogens is 423 g/mol. The summed E-state index contributed by atoms with van der Waals surface area (Å²) in [7, 11) is 0. The molecular formula is C29H53AlO3. The number of hydrogen-bond donors (Lipinski definition) is 1. The maximum atomic E-state index is 10.6. The van der Waals surface area contributed by atoms with Crippen molar-refractivity contribution in [2.75, 3.05) is 6.61 Å². The first kappa shape index (κ1) is 32.0. The lowest BCUT2D eigenvalue weighted by Crippen LogP contribution is -2.11. The van der Waals surface area contributed by atoms with Crippen molar-refractivity contribution in [2.24, 2.45) is 0 Å². The number of hydrogen-bond acceptors (Lipinski definition) is 2. The summed E-state index contributed by atoms with van der Waals surface area (Å²) in [5, 5.41) is 8.71. The van der Waals surface area contributed by atoms with Crippen LogP contribution in [0.4, 0.5) is 0 Å². The van der Waals surface area contributed by atoms with E-state index in [1.807, 2.05) is 0 Å². The molecule has 0 aliphatic heterocycles. The van der Waals surface area contributed by atoms with E-state index in [0.29, 0.717) is 12.2 Å². The van der Waals surface area contributed by atoms with E-state index in [1.54, 1.807) is 24.3 Å². The van der Waals surface area contributed by atoms with Gasteiger partial charge in [-0.3, -0.25) is 0 Å². The van der Waals surface area contributed by atoms with Crippen molar-refractivity contribution < 1.29 is 14.6 Å². The maximum Gasteiger partial charge on any atom is 0.335 e. The molecule has 1 atom stereocenters. The van der Waals surface area contributed by atoms with Crippen LogP contribution in [0.5, 0.6) is 5.75 Å². The lowest BCUT2D eigenvalue weighted by Gasteiger charge is -2.15. The Morgan fingerprint density at radius 2 is 1.27 bits per heavy atom. The number of unbranched alkanes of at least 4 members (excludes halogenated alkanes) is 11. The highest BCUT2D eigenvalue weighted by Crippen LogP contribution is 2.23. The first-order valence-corrected chi connectivity index (χ1v) is 16.9. The molecule has 0 bridgehead atoms. The first-order valence-electron chi connectivity index (χ1n) is 13.9. The Kier molecular flexibility index (Phi) is 22.1. The molecule has 0 amide bonds. The molecule has 3 nitrogen and oxygen atoms in total. The standard InChI is InChI=1S/C14H29.C13H18O3.2CH3.Al/c1-3-5-7-9-11-13-14-12-10-8-6-4-2;1-2-3-4-5-10-16-12-8-6-11(7-9-12)13(14)15;;;/h5H,3-4,6-14H2,1-2H3;6-9H,2-5,10H2,1H3,(H,14,15);2*1H3;. The van der Waals surface area contributed by atoms with Gasteiger partial charge in [-0.2, -0.15) is 0 Å². The SMILES string of the molecule is CCCCCCCCCCC[CH](CC)[Al]([CH3])[CH3].CCCCCCOc1ccc(C(=O)O)cc1. The van der Waals surface area contributed by atoms with Gasteiger partial charge < -0.3 is 9.84 Å². The van der Waals surface area contributed by atoms with Gasteiger partial charge in [0.2, 0.25) is 0 Å². The Balaban J connectivity index is 0.000000621. The predicted molar refractivity (Wildman–Crippen MR) is 146 cm³/mol. The summed E-state index contributed by atoms with van der Waals surface area (Å²) in [6.07, 6.45) is 20.8. The monoisotopic (exact) mass is 476 g/mol. The van der Waals surface area contributed by atoms with Crippen LogP contribution in [-0.2, 0) is 0 Å². The number of carboxylic acids is 1. The Bertz CT molecular complexity index is 556. The zero-order valence-electron chi connectivity index (χ0n) is 22.5. The van der Waals surface area contributed by atoms with Gasteiger partial charge in [0, 0.05) is 0 Å². The van der Waals surface area contributed by atoms with Crippen LogP contribution in [0.25, 0.3) is 0 Å². The maximum absolute atomic E-state index is 10.6. The van der Waals surface area contributed by atoms with Crippen LogP contribution in [0.3, 0.4) is 0 Å². The van der Waals surface area contributed by atoms with E-state index in [4.69, 9.17) is 9.84 Å². The summed E-state index contributed by atoms with van der Waals surface area (Å²) in [6, 6.07) is 6.51. The minimum absolute atomic E-state index is 0.290. The molecule has 0 radical (unpaired) electrons. The molecule has 1 aromatic rings. The van der Waals surface area contributed by atoms with E-state index < -0.39 is 5.97 Å². The van der Waals surface area contributed by atoms with Gasteiger partial charge in [-0.15, -0.1) is 11.6 Å². The molecule has 1 rings (SSSR count). The Hall–Kier alpha value is -0.978. The van der Waals surface area contributed by atoms with Crippen molar-refractivity contribution in [3.8, 4) is 5.75 Å². The summed E-state index contributed by atoms with van der Waals surface area (Å²) in [6.45, 7) is 7.55. The molecule has 1 unspecified atom stereocenters. The van der Waals surface area contributed by atoms with E-state index in [-0.39, 0.29) is 14.1 Å². The fraction of sp³-hybridized carbons (Fsp3) is 0.759. The molecule has 1 aromatic carbocycles. The van der Waals surface area contributed by atoms with Gasteiger partial charge in [-0.05, 0) is 30.7 Å². The average Bonchev–Trinajstić information content (AvgIpc) is 2.81. The number of carbonyl (C=O) groups is 1. The molecule has 0 aliphatic rings. The van der Waals surface area contributed by atoms with Crippen LogP contribution in [-0.4, -0.2) is 31.8 Å². The smallest absolute Gasteiger partial charge is 0.335 e. The average molecular weight is 477 g/mol. The Morgan fingerprint density at radius 3 is 1.73 bits per heavy atom. The Morgan fingerprint density at radius 1 is 0.788 bits per heavy atom. The number of rotatable bonds is 19. The predicted octanol–water partition coefficient (Wildman–Crippen LogP) is 9.79. The van der Waals surface area contributed by atoms with Crippen molar-refractivity contribution in [3.05, 3.63) is 29.8 Å². The minimum Gasteiger partial charge on any atom is -0.494 e. The second kappa shape index (κ2) is 22.8. The first-order chi connectivity index (χ1) is 16.0. The zero-order valence-corrected chi connectivity index (χ0v) is 23.7. The molecule has 0 aromatic heterocycles. The quantitative estimate of drug-likeness (QED) is 0.160. The topological polar surface area (TPSA) is 46.5 Å². The highest BCUT2D eigenvalue weighted by atomic mass is 27.2. The molecule has 0 saturated carbocycles. The highest BCUT2D eigenvalue weighted by Gasteiger charge is 2.15. The molecule has 1 N–H and O–H groups in total. The van der Waals surface area contributed by atoms with Gasteiger partial charge in [-0.25, -0.2) is 4.79 Å². The lowest BCUT2D eigenvalue weighted by atomic mass is 10.1. The summed E-state index contributed by atoms with van der Waals surface area (Å²) < 4.78 is 6.61. The molecule has 0 fully saturated rings. The van der Waals surface area contributed by atoms with Crippen molar-refractivity contribution in [2.45, 2.75) is 133 Å². The van der Waals surface area contributed by atoms with Crippen molar-refractivity contribution in [1.82, 2.24) is 0 Å². The van der Waals surface area contributed by atoms with Gasteiger partial charge in [0.25, 0.3) is 14.1 Å². The van der Waals surface area contributed by atoms with Crippen LogP contribution in [0.15, 0.2) is 24.3 Å². The summed E-state index contributed by atoms with van der Waals surface area (Å²) in [5.74, 6) is 4.86. The largest absolute Gasteiger partial charge is 0.494 e. The number of carboxylic acid groups (broad SMARTS) is 1. The lowest BCUT2D eigenvalue weighted by molar-refractivity contribution is 0.0697. The van der Waals surface area contributed by atoms with E-state index >= 15 is 0 Å². The summed E-state index contributed by atoms with van der Waals surface area (Å²) >= 11 is -0.364. The third-order valence-electron chi connectivity index (χ3n) is 6.51. The Labute approximate surface area is 210 Å². The van der Waals surface area contributed by atoms with Gasteiger partial charge in [0.1, 0.15) is 5.75 Å². The van der Waals surface area contributed by atoms with Crippen molar-refractivity contribution >= 4 is 20.1 Å². The van der Waals surface area contributed by atoms with Crippen molar-refractivity contribution in [1.29, 1.82) is 0 Å². The molecule has 190 valence electrons. The fourth-order valence-electron chi connectivity index (χ4n) is 4.14. The highest BCUT2D eigenvalue weighted by molar-refractivity contribution is 6.57. The molecule has 0 spiro atoms. The minimum atomic E-state index is -0.908. The van der Waals surface area contributed by atoms with Crippen LogP contribution >= 0.6 is 0 Å². The van der Waals surface area contributed by atoms with E-state index in [0.717, 1.165) is 17.0 Å². The third kappa shape index (κ3) is 19.1. The van der Waals surface area contributed by atoms with Crippen LogP contribution in [0, 0.1) is 0 Å². The molecule has 33 heavy (non-hydrogen) atoms. The zero-order chi connectivity index (χ0) is 24.7. The molecule has 0 heterocycles. The van der Waals surface area contributed by atoms with Crippen LogP contribution in [0.1, 0.15) is 127 Å². The number of ether oxygens (including phenoxy) is 1. The van der Waals surface area contributed by atoms with Crippen LogP contribution in [0.2, 0.25) is 16.4 Å². The molecule has 0 aliphatic carbocycles. The summed E-state index contributed by atoms with van der Waals surface area (Å²) in [4.78, 5) is 10.6. The third-order valence-corrected chi connectivity index (χ3v) is 9.20. The molecule has 0 saturated heterocycles.